The highest BCUT2D eigenvalue weighted by molar-refractivity contribution is 5.27. The summed E-state index contributed by atoms with van der Waals surface area (Å²) >= 11 is 0. The van der Waals surface area contributed by atoms with Crippen LogP contribution in [0.3, 0.4) is 0 Å². The first-order chi connectivity index (χ1) is 8.88. The Labute approximate surface area is 105 Å². The van der Waals surface area contributed by atoms with Crippen LogP contribution in [0.1, 0.15) is 11.3 Å². The second-order valence-corrected chi connectivity index (χ2v) is 3.67. The third-order valence-corrected chi connectivity index (χ3v) is 2.35. The number of nitriles is 1. The van der Waals surface area contributed by atoms with Gasteiger partial charge in [-0.25, -0.2) is 0 Å². The van der Waals surface area contributed by atoms with Gasteiger partial charge in [0, 0.05) is 12.6 Å². The SMILES string of the molecule is N#CCOc1ccc(CNCc2ccno2)cc1. The van der Waals surface area contributed by atoms with Crippen LogP contribution in [-0.4, -0.2) is 11.8 Å². The quantitative estimate of drug-likeness (QED) is 0.838. The fourth-order valence-electron chi connectivity index (χ4n) is 1.48. The van der Waals surface area contributed by atoms with E-state index in [1.807, 2.05) is 36.4 Å². The minimum atomic E-state index is 0.0725. The maximum Gasteiger partial charge on any atom is 0.174 e. The third kappa shape index (κ3) is 3.61. The fraction of sp³-hybridized carbons (Fsp3) is 0.231. The fourth-order valence-corrected chi connectivity index (χ4v) is 1.48. The molecule has 1 N–H and O–H groups in total. The molecular weight excluding hydrogens is 230 g/mol. The Balaban J connectivity index is 1.78. The summed E-state index contributed by atoms with van der Waals surface area (Å²) in [5.41, 5.74) is 1.14. The van der Waals surface area contributed by atoms with Crippen LogP contribution < -0.4 is 10.1 Å². The summed E-state index contributed by atoms with van der Waals surface area (Å²) in [6.07, 6.45) is 1.62. The van der Waals surface area contributed by atoms with E-state index < -0.39 is 0 Å². The highest BCUT2D eigenvalue weighted by atomic mass is 16.5. The molecule has 0 aliphatic carbocycles. The topological polar surface area (TPSA) is 71.1 Å². The minimum Gasteiger partial charge on any atom is -0.479 e. The Hall–Kier alpha value is -2.32. The first-order valence-electron chi connectivity index (χ1n) is 5.57. The molecule has 0 saturated carbocycles. The molecule has 0 spiro atoms. The lowest BCUT2D eigenvalue weighted by Crippen LogP contribution is -2.12. The van der Waals surface area contributed by atoms with Gasteiger partial charge in [0.1, 0.15) is 17.6 Å². The highest BCUT2D eigenvalue weighted by Gasteiger charge is 1.98. The van der Waals surface area contributed by atoms with Gasteiger partial charge in [-0.2, -0.15) is 5.26 Å². The molecule has 0 aliphatic heterocycles. The molecule has 18 heavy (non-hydrogen) atoms. The van der Waals surface area contributed by atoms with Gasteiger partial charge in [0.25, 0.3) is 0 Å². The predicted molar refractivity (Wildman–Crippen MR) is 64.6 cm³/mol. The first kappa shape index (κ1) is 12.1. The molecule has 2 rings (SSSR count). The smallest absolute Gasteiger partial charge is 0.174 e. The zero-order chi connectivity index (χ0) is 12.6. The van der Waals surface area contributed by atoms with E-state index in [9.17, 15) is 0 Å². The minimum absolute atomic E-state index is 0.0725. The summed E-state index contributed by atoms with van der Waals surface area (Å²) in [5, 5.41) is 15.3. The second-order valence-electron chi connectivity index (χ2n) is 3.67. The van der Waals surface area contributed by atoms with Crippen LogP contribution in [0.2, 0.25) is 0 Å². The van der Waals surface area contributed by atoms with Gasteiger partial charge < -0.3 is 14.6 Å². The molecule has 0 unspecified atom stereocenters. The number of ether oxygens (including phenoxy) is 1. The van der Waals surface area contributed by atoms with Gasteiger partial charge in [0.15, 0.2) is 6.61 Å². The van der Waals surface area contributed by atoms with Crippen molar-refractivity contribution < 1.29 is 9.26 Å². The molecule has 2 aromatic rings. The average Bonchev–Trinajstić information content (AvgIpc) is 2.91. The van der Waals surface area contributed by atoms with Crippen LogP contribution in [0.4, 0.5) is 0 Å². The van der Waals surface area contributed by atoms with E-state index in [4.69, 9.17) is 14.5 Å². The summed E-state index contributed by atoms with van der Waals surface area (Å²) < 4.78 is 10.1. The van der Waals surface area contributed by atoms with Crippen molar-refractivity contribution in [2.24, 2.45) is 0 Å². The van der Waals surface area contributed by atoms with Gasteiger partial charge in [-0.05, 0) is 17.7 Å². The van der Waals surface area contributed by atoms with Crippen molar-refractivity contribution >= 4 is 0 Å². The van der Waals surface area contributed by atoms with Crippen molar-refractivity contribution in [2.75, 3.05) is 6.61 Å². The van der Waals surface area contributed by atoms with Gasteiger partial charge in [0.05, 0.1) is 12.7 Å². The summed E-state index contributed by atoms with van der Waals surface area (Å²) in [5.74, 6) is 1.51. The predicted octanol–water partition coefficient (Wildman–Crippen LogP) is 1.87. The zero-order valence-electron chi connectivity index (χ0n) is 9.80. The number of benzene rings is 1. The van der Waals surface area contributed by atoms with Crippen molar-refractivity contribution in [2.45, 2.75) is 13.1 Å². The number of nitrogens with one attached hydrogen (secondary N) is 1. The number of nitrogens with zero attached hydrogens (tertiary/aromatic N) is 2. The monoisotopic (exact) mass is 243 g/mol. The molecule has 0 atom stereocenters. The van der Waals surface area contributed by atoms with Gasteiger partial charge in [-0.3, -0.25) is 0 Å². The Morgan fingerprint density at radius 2 is 2.06 bits per heavy atom. The molecule has 1 aromatic carbocycles. The standard InChI is InChI=1S/C13H13N3O2/c14-6-8-17-12-3-1-11(2-4-12)9-15-10-13-5-7-16-18-13/h1-5,7,15H,8-10H2. The molecule has 0 aliphatic rings. The molecule has 5 nitrogen and oxygen atoms in total. The Kier molecular flexibility index (Phi) is 4.33. The van der Waals surface area contributed by atoms with E-state index in [0.29, 0.717) is 12.3 Å². The van der Waals surface area contributed by atoms with Crippen molar-refractivity contribution in [3.8, 4) is 11.8 Å². The van der Waals surface area contributed by atoms with Crippen molar-refractivity contribution in [1.82, 2.24) is 10.5 Å². The Morgan fingerprint density at radius 1 is 1.22 bits per heavy atom. The lowest BCUT2D eigenvalue weighted by molar-refractivity contribution is 0.367. The molecule has 0 bridgehead atoms. The van der Waals surface area contributed by atoms with E-state index in [2.05, 4.69) is 10.5 Å². The lowest BCUT2D eigenvalue weighted by Gasteiger charge is -2.05. The van der Waals surface area contributed by atoms with E-state index in [1.54, 1.807) is 6.20 Å². The highest BCUT2D eigenvalue weighted by Crippen LogP contribution is 2.11. The van der Waals surface area contributed by atoms with E-state index in [1.165, 1.54) is 0 Å². The number of hydrogen-bond acceptors (Lipinski definition) is 5. The van der Waals surface area contributed by atoms with Crippen molar-refractivity contribution in [3.63, 3.8) is 0 Å². The van der Waals surface area contributed by atoms with Gasteiger partial charge in [-0.15, -0.1) is 0 Å². The number of aromatic nitrogens is 1. The molecule has 0 radical (unpaired) electrons. The third-order valence-electron chi connectivity index (χ3n) is 2.35. The molecule has 0 saturated heterocycles. The van der Waals surface area contributed by atoms with Gasteiger partial charge in [0.2, 0.25) is 0 Å². The number of rotatable bonds is 6. The van der Waals surface area contributed by atoms with Crippen molar-refractivity contribution in [3.05, 3.63) is 47.9 Å². The molecular formula is C13H13N3O2. The van der Waals surface area contributed by atoms with Crippen molar-refractivity contribution in [1.29, 1.82) is 5.26 Å². The van der Waals surface area contributed by atoms with Crippen LogP contribution in [0, 0.1) is 11.3 Å². The van der Waals surface area contributed by atoms with Crippen LogP contribution in [-0.2, 0) is 13.1 Å². The lowest BCUT2D eigenvalue weighted by atomic mass is 10.2. The summed E-state index contributed by atoms with van der Waals surface area (Å²) in [6.45, 7) is 1.45. The van der Waals surface area contributed by atoms with Crippen LogP contribution in [0.25, 0.3) is 0 Å². The molecule has 1 aromatic heterocycles. The Bertz CT molecular complexity index is 500. The molecule has 92 valence electrons. The largest absolute Gasteiger partial charge is 0.479 e. The summed E-state index contributed by atoms with van der Waals surface area (Å²) in [4.78, 5) is 0. The van der Waals surface area contributed by atoms with Crippen LogP contribution in [0.5, 0.6) is 5.75 Å². The van der Waals surface area contributed by atoms with Gasteiger partial charge in [-0.1, -0.05) is 17.3 Å². The molecule has 0 fully saturated rings. The maximum atomic E-state index is 8.39. The van der Waals surface area contributed by atoms with Gasteiger partial charge >= 0.3 is 0 Å². The van der Waals surface area contributed by atoms with Crippen LogP contribution in [0.15, 0.2) is 41.1 Å². The van der Waals surface area contributed by atoms with Crippen LogP contribution >= 0.6 is 0 Å². The Morgan fingerprint density at radius 3 is 2.72 bits per heavy atom. The number of hydrogen-bond donors (Lipinski definition) is 1. The molecule has 5 heteroatoms. The van der Waals surface area contributed by atoms with E-state index in [-0.39, 0.29) is 6.61 Å². The average molecular weight is 243 g/mol. The normalized spacial score (nSPS) is 9.94. The zero-order valence-corrected chi connectivity index (χ0v) is 9.80. The summed E-state index contributed by atoms with van der Waals surface area (Å²) in [6, 6.07) is 11.4. The van der Waals surface area contributed by atoms with E-state index >= 15 is 0 Å². The van der Waals surface area contributed by atoms with E-state index in [0.717, 1.165) is 17.9 Å². The molecule has 0 amide bonds. The summed E-state index contributed by atoms with van der Waals surface area (Å²) in [7, 11) is 0. The second kappa shape index (κ2) is 6.42. The first-order valence-corrected chi connectivity index (χ1v) is 5.57. The molecule has 1 heterocycles. The maximum absolute atomic E-state index is 8.39.